The van der Waals surface area contributed by atoms with Crippen LogP contribution in [0.2, 0.25) is 0 Å². The predicted octanol–water partition coefficient (Wildman–Crippen LogP) is 3.47. The third-order valence-electron chi connectivity index (χ3n) is 2.10. The highest BCUT2D eigenvalue weighted by molar-refractivity contribution is 5.82. The van der Waals surface area contributed by atoms with Crippen molar-refractivity contribution in [3.63, 3.8) is 0 Å². The lowest BCUT2D eigenvalue weighted by Gasteiger charge is -1.94. The van der Waals surface area contributed by atoms with Crippen molar-refractivity contribution in [3.8, 4) is 11.8 Å². The van der Waals surface area contributed by atoms with Crippen LogP contribution in [-0.2, 0) is 9.53 Å². The second-order valence-corrected chi connectivity index (χ2v) is 3.57. The monoisotopic (exact) mass is 222 g/mol. The van der Waals surface area contributed by atoms with Crippen LogP contribution >= 0.6 is 0 Å². The van der Waals surface area contributed by atoms with Gasteiger partial charge in [0, 0.05) is 12.5 Å². The van der Waals surface area contributed by atoms with Crippen LogP contribution in [0, 0.1) is 11.8 Å². The van der Waals surface area contributed by atoms with Crippen molar-refractivity contribution in [1.29, 1.82) is 0 Å². The Morgan fingerprint density at radius 1 is 1.19 bits per heavy atom. The van der Waals surface area contributed by atoms with E-state index in [1.165, 1.54) is 31.8 Å². The maximum Gasteiger partial charge on any atom is 0.331 e. The summed E-state index contributed by atoms with van der Waals surface area (Å²) in [5.74, 6) is 5.53. The van der Waals surface area contributed by atoms with Gasteiger partial charge in [-0.05, 0) is 19.4 Å². The molecule has 0 unspecified atom stereocenters. The Bertz CT molecular complexity index is 256. The zero-order chi connectivity index (χ0) is 12.1. The molecule has 0 atom stereocenters. The largest absolute Gasteiger partial charge is 0.463 e. The van der Waals surface area contributed by atoms with Crippen molar-refractivity contribution in [2.45, 2.75) is 52.4 Å². The molecule has 0 aromatic rings. The highest BCUT2D eigenvalue weighted by Crippen LogP contribution is 2.03. The Morgan fingerprint density at radius 3 is 2.62 bits per heavy atom. The Labute approximate surface area is 99.1 Å². The lowest BCUT2D eigenvalue weighted by Crippen LogP contribution is -1.98. The van der Waals surface area contributed by atoms with Crippen LogP contribution in [0.15, 0.2) is 12.2 Å². The summed E-state index contributed by atoms with van der Waals surface area (Å²) < 4.78 is 4.72. The van der Waals surface area contributed by atoms with Crippen LogP contribution < -0.4 is 0 Å². The van der Waals surface area contributed by atoms with E-state index in [1.807, 2.05) is 0 Å². The van der Waals surface area contributed by atoms with Gasteiger partial charge in [-0.2, -0.15) is 0 Å². The lowest BCUT2D eigenvalue weighted by atomic mass is 10.1. The van der Waals surface area contributed by atoms with E-state index in [4.69, 9.17) is 4.74 Å². The number of carbonyl (C=O) groups excluding carboxylic acids is 1. The SMILES string of the molecule is CCCCCCCC#C/C=C/C(=O)OCC. The smallest absolute Gasteiger partial charge is 0.331 e. The second kappa shape index (κ2) is 11.8. The Kier molecular flexibility index (Phi) is 10.9. The van der Waals surface area contributed by atoms with Gasteiger partial charge in [0.05, 0.1) is 6.61 Å². The highest BCUT2D eigenvalue weighted by atomic mass is 16.5. The molecular weight excluding hydrogens is 200 g/mol. The van der Waals surface area contributed by atoms with Crippen molar-refractivity contribution in [2.75, 3.05) is 6.61 Å². The zero-order valence-electron chi connectivity index (χ0n) is 10.4. The van der Waals surface area contributed by atoms with E-state index in [0.717, 1.165) is 12.8 Å². The third-order valence-corrected chi connectivity index (χ3v) is 2.10. The predicted molar refractivity (Wildman–Crippen MR) is 66.9 cm³/mol. The van der Waals surface area contributed by atoms with E-state index >= 15 is 0 Å². The molecule has 0 amide bonds. The maximum absolute atomic E-state index is 10.9. The quantitative estimate of drug-likeness (QED) is 0.285. The summed E-state index contributed by atoms with van der Waals surface area (Å²) in [5, 5.41) is 0. The molecule has 0 aliphatic rings. The molecule has 0 spiro atoms. The minimum atomic E-state index is -0.320. The minimum absolute atomic E-state index is 0.320. The van der Waals surface area contributed by atoms with Crippen LogP contribution in [0.4, 0.5) is 0 Å². The molecule has 0 aliphatic carbocycles. The second-order valence-electron chi connectivity index (χ2n) is 3.57. The van der Waals surface area contributed by atoms with Crippen molar-refractivity contribution in [2.24, 2.45) is 0 Å². The molecule has 0 bridgehead atoms. The molecule has 0 aromatic heterocycles. The summed E-state index contributed by atoms with van der Waals surface area (Å²) in [5.41, 5.74) is 0. The zero-order valence-corrected chi connectivity index (χ0v) is 10.4. The summed E-state index contributed by atoms with van der Waals surface area (Å²) in [6.07, 6.45) is 10.1. The van der Waals surface area contributed by atoms with Gasteiger partial charge in [-0.1, -0.05) is 44.4 Å². The topological polar surface area (TPSA) is 26.3 Å². The number of hydrogen-bond acceptors (Lipinski definition) is 2. The first-order valence-electron chi connectivity index (χ1n) is 6.13. The fourth-order valence-corrected chi connectivity index (χ4v) is 1.25. The van der Waals surface area contributed by atoms with Crippen LogP contribution in [0.3, 0.4) is 0 Å². The van der Waals surface area contributed by atoms with Gasteiger partial charge >= 0.3 is 5.97 Å². The van der Waals surface area contributed by atoms with Gasteiger partial charge in [-0.3, -0.25) is 0 Å². The van der Waals surface area contributed by atoms with Crippen molar-refractivity contribution < 1.29 is 9.53 Å². The summed E-state index contributed by atoms with van der Waals surface area (Å²) in [6, 6.07) is 0. The number of ether oxygens (including phenoxy) is 1. The Morgan fingerprint density at radius 2 is 1.94 bits per heavy atom. The van der Waals surface area contributed by atoms with Crippen LogP contribution in [-0.4, -0.2) is 12.6 Å². The third kappa shape index (κ3) is 10.8. The van der Waals surface area contributed by atoms with Crippen LogP contribution in [0.5, 0.6) is 0 Å². The fourth-order valence-electron chi connectivity index (χ4n) is 1.25. The number of hydrogen-bond donors (Lipinski definition) is 0. The van der Waals surface area contributed by atoms with E-state index < -0.39 is 0 Å². The summed E-state index contributed by atoms with van der Waals surface area (Å²) in [7, 11) is 0. The molecule has 0 radical (unpaired) electrons. The first-order valence-corrected chi connectivity index (χ1v) is 6.13. The number of carbonyl (C=O) groups is 1. The average molecular weight is 222 g/mol. The summed E-state index contributed by atoms with van der Waals surface area (Å²) in [6.45, 7) is 4.40. The van der Waals surface area contributed by atoms with Gasteiger partial charge in [-0.25, -0.2) is 4.79 Å². The molecule has 0 aromatic carbocycles. The van der Waals surface area contributed by atoms with Crippen molar-refractivity contribution >= 4 is 5.97 Å². The van der Waals surface area contributed by atoms with Gasteiger partial charge < -0.3 is 4.74 Å². The minimum Gasteiger partial charge on any atom is -0.463 e. The Balaban J connectivity index is 3.44. The standard InChI is InChI=1S/C14H22O2/c1-3-5-6-7-8-9-10-11-12-13-14(15)16-4-2/h12-13H,3-9H2,1-2H3/b13-12+. The molecule has 0 N–H and O–H groups in total. The number of esters is 1. The molecular formula is C14H22O2. The molecule has 90 valence electrons. The molecule has 0 rings (SSSR count). The molecule has 16 heavy (non-hydrogen) atoms. The van der Waals surface area contributed by atoms with Crippen molar-refractivity contribution in [3.05, 3.63) is 12.2 Å². The molecule has 0 saturated carbocycles. The number of rotatable bonds is 7. The van der Waals surface area contributed by atoms with E-state index in [-0.39, 0.29) is 5.97 Å². The molecule has 0 heterocycles. The van der Waals surface area contributed by atoms with E-state index in [0.29, 0.717) is 6.61 Å². The summed E-state index contributed by atoms with van der Waals surface area (Å²) in [4.78, 5) is 10.9. The molecule has 0 saturated heterocycles. The van der Waals surface area contributed by atoms with Crippen LogP contribution in [0.1, 0.15) is 52.4 Å². The van der Waals surface area contributed by atoms with Gasteiger partial charge in [-0.15, -0.1) is 0 Å². The average Bonchev–Trinajstić information content (AvgIpc) is 2.27. The van der Waals surface area contributed by atoms with Gasteiger partial charge in [0.2, 0.25) is 0 Å². The molecule has 2 heteroatoms. The first-order chi connectivity index (χ1) is 7.81. The molecule has 2 nitrogen and oxygen atoms in total. The number of allylic oxidation sites excluding steroid dienone is 1. The summed E-state index contributed by atoms with van der Waals surface area (Å²) >= 11 is 0. The van der Waals surface area contributed by atoms with Crippen LogP contribution in [0.25, 0.3) is 0 Å². The first kappa shape index (κ1) is 14.8. The van der Waals surface area contributed by atoms with E-state index in [9.17, 15) is 4.79 Å². The van der Waals surface area contributed by atoms with Crippen molar-refractivity contribution in [1.82, 2.24) is 0 Å². The van der Waals surface area contributed by atoms with E-state index in [1.54, 1.807) is 13.0 Å². The number of unbranched alkanes of at least 4 members (excludes halogenated alkanes) is 5. The highest BCUT2D eigenvalue weighted by Gasteiger charge is 1.90. The van der Waals surface area contributed by atoms with E-state index in [2.05, 4.69) is 18.8 Å². The molecule has 0 aliphatic heterocycles. The van der Waals surface area contributed by atoms with Gasteiger partial charge in [0.25, 0.3) is 0 Å². The lowest BCUT2D eigenvalue weighted by molar-refractivity contribution is -0.137. The van der Waals surface area contributed by atoms with Gasteiger partial charge in [0.1, 0.15) is 0 Å². The maximum atomic E-state index is 10.9. The molecule has 0 fully saturated rings. The fraction of sp³-hybridized carbons (Fsp3) is 0.643. The Hall–Kier alpha value is -1.23. The normalized spacial score (nSPS) is 9.88. The van der Waals surface area contributed by atoms with Gasteiger partial charge in [0.15, 0.2) is 0 Å².